The lowest BCUT2D eigenvalue weighted by Crippen LogP contribution is -2.44. The minimum absolute atomic E-state index is 0.0663. The molecule has 2 aromatic rings. The predicted molar refractivity (Wildman–Crippen MR) is 94.7 cm³/mol. The first-order chi connectivity index (χ1) is 12.0. The van der Waals surface area contributed by atoms with Gasteiger partial charge in [-0.1, -0.05) is 18.2 Å². The molecule has 1 aliphatic heterocycles. The molecule has 25 heavy (non-hydrogen) atoms. The first-order valence-electron chi connectivity index (χ1n) is 8.56. The number of hydrogen-bond donors (Lipinski definition) is 3. The lowest BCUT2D eigenvalue weighted by atomic mass is 10.0. The first-order valence-corrected chi connectivity index (χ1v) is 8.56. The van der Waals surface area contributed by atoms with Gasteiger partial charge in [-0.3, -0.25) is 9.48 Å². The molecule has 0 radical (unpaired) electrons. The maximum absolute atomic E-state index is 12.6. The van der Waals surface area contributed by atoms with Crippen LogP contribution in [0.25, 0.3) is 0 Å². The predicted octanol–water partition coefficient (Wildman–Crippen LogP) is 1.12. The number of hydrogen-bond acceptors (Lipinski definition) is 5. The van der Waals surface area contributed by atoms with Gasteiger partial charge in [-0.25, -0.2) is 10.9 Å². The summed E-state index contributed by atoms with van der Waals surface area (Å²) in [7, 11) is 3.74. The van der Waals surface area contributed by atoms with Crippen LogP contribution in [-0.2, 0) is 18.3 Å². The highest BCUT2D eigenvalue weighted by Crippen LogP contribution is 2.29. The van der Waals surface area contributed by atoms with E-state index in [2.05, 4.69) is 16.0 Å². The van der Waals surface area contributed by atoms with E-state index in [1.165, 1.54) is 5.56 Å². The molecule has 0 spiro atoms. The SMILES string of the molecule is CN(CCCc1cnn(C)c1)C(=O)C1CC(c2ccccc2O)NN1. The van der Waals surface area contributed by atoms with E-state index in [4.69, 9.17) is 0 Å². The Kier molecular flexibility index (Phi) is 5.35. The minimum Gasteiger partial charge on any atom is -0.508 e. The molecule has 7 nitrogen and oxygen atoms in total. The van der Waals surface area contributed by atoms with Crippen LogP contribution < -0.4 is 10.9 Å². The van der Waals surface area contributed by atoms with Crippen LogP contribution in [0.15, 0.2) is 36.7 Å². The molecule has 0 aliphatic carbocycles. The molecule has 1 saturated heterocycles. The van der Waals surface area contributed by atoms with Crippen LogP contribution in [0, 0.1) is 0 Å². The summed E-state index contributed by atoms with van der Waals surface area (Å²) in [6, 6.07) is 6.86. The van der Waals surface area contributed by atoms with E-state index < -0.39 is 0 Å². The molecule has 0 bridgehead atoms. The van der Waals surface area contributed by atoms with Gasteiger partial charge in [0.05, 0.1) is 12.2 Å². The summed E-state index contributed by atoms with van der Waals surface area (Å²) >= 11 is 0. The highest BCUT2D eigenvalue weighted by Gasteiger charge is 2.32. The maximum Gasteiger partial charge on any atom is 0.240 e. The van der Waals surface area contributed by atoms with Crippen LogP contribution in [0.2, 0.25) is 0 Å². The van der Waals surface area contributed by atoms with Crippen molar-refractivity contribution in [2.45, 2.75) is 31.3 Å². The van der Waals surface area contributed by atoms with E-state index >= 15 is 0 Å². The quantitative estimate of drug-likeness (QED) is 0.732. The van der Waals surface area contributed by atoms with Crippen LogP contribution >= 0.6 is 0 Å². The number of aromatic hydroxyl groups is 1. The molecule has 7 heteroatoms. The van der Waals surface area contributed by atoms with Crippen molar-refractivity contribution < 1.29 is 9.90 Å². The lowest BCUT2D eigenvalue weighted by Gasteiger charge is -2.20. The summed E-state index contributed by atoms with van der Waals surface area (Å²) in [4.78, 5) is 14.4. The minimum atomic E-state index is -0.284. The number of nitrogens with zero attached hydrogens (tertiary/aromatic N) is 3. The maximum atomic E-state index is 12.6. The number of likely N-dealkylation sites (N-methyl/N-ethyl adjacent to an activating group) is 1. The third-order valence-electron chi connectivity index (χ3n) is 4.61. The Balaban J connectivity index is 1.48. The van der Waals surface area contributed by atoms with Gasteiger partial charge >= 0.3 is 0 Å². The van der Waals surface area contributed by atoms with E-state index in [0.717, 1.165) is 18.4 Å². The van der Waals surface area contributed by atoms with E-state index in [9.17, 15) is 9.90 Å². The van der Waals surface area contributed by atoms with Crippen molar-refractivity contribution in [2.75, 3.05) is 13.6 Å². The fraction of sp³-hybridized carbons (Fsp3) is 0.444. The second kappa shape index (κ2) is 7.67. The number of amides is 1. The Morgan fingerprint density at radius 3 is 2.92 bits per heavy atom. The van der Waals surface area contributed by atoms with Crippen LogP contribution in [0.1, 0.15) is 30.0 Å². The van der Waals surface area contributed by atoms with Gasteiger partial charge in [-0.05, 0) is 30.9 Å². The van der Waals surface area contributed by atoms with Crippen molar-refractivity contribution in [1.29, 1.82) is 0 Å². The van der Waals surface area contributed by atoms with Crippen molar-refractivity contribution in [2.24, 2.45) is 7.05 Å². The monoisotopic (exact) mass is 343 g/mol. The number of aryl methyl sites for hydroxylation is 2. The van der Waals surface area contributed by atoms with Crippen LogP contribution in [0.5, 0.6) is 5.75 Å². The Hall–Kier alpha value is -2.38. The van der Waals surface area contributed by atoms with Crippen molar-refractivity contribution in [3.8, 4) is 5.75 Å². The Morgan fingerprint density at radius 1 is 1.40 bits per heavy atom. The van der Waals surface area contributed by atoms with Crippen LogP contribution in [0.4, 0.5) is 0 Å². The zero-order valence-electron chi connectivity index (χ0n) is 14.6. The van der Waals surface area contributed by atoms with Crippen molar-refractivity contribution in [1.82, 2.24) is 25.5 Å². The molecule has 1 aromatic heterocycles. The van der Waals surface area contributed by atoms with Gasteiger partial charge in [-0.2, -0.15) is 5.10 Å². The normalized spacial score (nSPS) is 19.9. The number of rotatable bonds is 6. The Bertz CT molecular complexity index is 730. The molecular weight excluding hydrogens is 318 g/mol. The average molecular weight is 343 g/mol. The van der Waals surface area contributed by atoms with Gasteiger partial charge in [0, 0.05) is 32.4 Å². The van der Waals surface area contributed by atoms with E-state index in [0.29, 0.717) is 13.0 Å². The van der Waals surface area contributed by atoms with Crippen LogP contribution in [-0.4, -0.2) is 45.3 Å². The molecule has 3 rings (SSSR count). The van der Waals surface area contributed by atoms with Crippen molar-refractivity contribution in [3.63, 3.8) is 0 Å². The zero-order valence-corrected chi connectivity index (χ0v) is 14.6. The Morgan fingerprint density at radius 2 is 2.20 bits per heavy atom. The molecule has 2 atom stereocenters. The third kappa shape index (κ3) is 4.18. The van der Waals surface area contributed by atoms with Gasteiger partial charge in [0.25, 0.3) is 0 Å². The van der Waals surface area contributed by atoms with E-state index in [1.807, 2.05) is 38.6 Å². The second-order valence-corrected chi connectivity index (χ2v) is 6.57. The molecular formula is C18H25N5O2. The van der Waals surface area contributed by atoms with Gasteiger partial charge in [0.15, 0.2) is 0 Å². The lowest BCUT2D eigenvalue weighted by molar-refractivity contribution is -0.131. The standard InChI is InChI=1S/C18H25N5O2/c1-22(9-5-6-13-11-19-23(2)12-13)18(25)16-10-15(20-21-16)14-7-3-4-8-17(14)24/h3-4,7-8,11-12,15-16,20-21,24H,5-6,9-10H2,1-2H3. The van der Waals surface area contributed by atoms with Gasteiger partial charge in [0.1, 0.15) is 11.8 Å². The van der Waals surface area contributed by atoms with Crippen LogP contribution in [0.3, 0.4) is 0 Å². The molecule has 2 unspecified atom stereocenters. The summed E-state index contributed by atoms with van der Waals surface area (Å²) in [5.41, 5.74) is 8.17. The molecule has 1 aromatic carbocycles. The number of carbonyl (C=O) groups excluding carboxylic acids is 1. The fourth-order valence-corrected chi connectivity index (χ4v) is 3.20. The van der Waals surface area contributed by atoms with Gasteiger partial charge < -0.3 is 10.0 Å². The van der Waals surface area contributed by atoms with Crippen molar-refractivity contribution in [3.05, 3.63) is 47.8 Å². The van der Waals surface area contributed by atoms with Gasteiger partial charge in [-0.15, -0.1) is 0 Å². The highest BCUT2D eigenvalue weighted by molar-refractivity contribution is 5.82. The van der Waals surface area contributed by atoms with E-state index in [-0.39, 0.29) is 23.7 Å². The number of phenols is 1. The number of hydrazine groups is 1. The number of phenolic OH excluding ortho intramolecular Hbond substituents is 1. The zero-order chi connectivity index (χ0) is 17.8. The third-order valence-corrected chi connectivity index (χ3v) is 4.61. The molecule has 2 heterocycles. The molecule has 3 N–H and O–H groups in total. The van der Waals surface area contributed by atoms with E-state index in [1.54, 1.807) is 21.7 Å². The van der Waals surface area contributed by atoms with Gasteiger partial charge in [0.2, 0.25) is 5.91 Å². The number of benzene rings is 1. The summed E-state index contributed by atoms with van der Waals surface area (Å²) in [6.45, 7) is 0.702. The number of nitrogens with one attached hydrogen (secondary N) is 2. The summed E-state index contributed by atoms with van der Waals surface area (Å²) in [5, 5.41) is 14.1. The smallest absolute Gasteiger partial charge is 0.240 e. The first kappa shape index (κ1) is 17.4. The summed E-state index contributed by atoms with van der Waals surface area (Å²) < 4.78 is 1.79. The molecule has 134 valence electrons. The highest BCUT2D eigenvalue weighted by atomic mass is 16.3. The summed E-state index contributed by atoms with van der Waals surface area (Å²) in [5.74, 6) is 0.316. The number of aromatic nitrogens is 2. The molecule has 1 amide bonds. The van der Waals surface area contributed by atoms with Crippen molar-refractivity contribution >= 4 is 5.91 Å². The number of carbonyl (C=O) groups is 1. The molecule has 0 saturated carbocycles. The topological polar surface area (TPSA) is 82.4 Å². The molecule has 1 fully saturated rings. The fourth-order valence-electron chi connectivity index (χ4n) is 3.20. The molecule has 1 aliphatic rings. The summed E-state index contributed by atoms with van der Waals surface area (Å²) in [6.07, 6.45) is 6.28. The largest absolute Gasteiger partial charge is 0.508 e. The Labute approximate surface area is 147 Å². The second-order valence-electron chi connectivity index (χ2n) is 6.57. The average Bonchev–Trinajstić information content (AvgIpc) is 3.24. The number of para-hydroxylation sites is 1.